The van der Waals surface area contributed by atoms with E-state index in [0.29, 0.717) is 5.75 Å². The highest BCUT2D eigenvalue weighted by atomic mass is 35.5. The van der Waals surface area contributed by atoms with Gasteiger partial charge in [0.1, 0.15) is 11.9 Å². The van der Waals surface area contributed by atoms with E-state index in [1.807, 2.05) is 37.3 Å². The number of benzene rings is 1. The molecule has 0 saturated carbocycles. The Morgan fingerprint density at radius 3 is 2.55 bits per heavy atom. The molecule has 0 amide bonds. The molecule has 112 valence electrons. The Labute approximate surface area is 126 Å². The SMILES string of the molecule is CC(CN1CCCC1)OC(=O)COc1ccccc1.[Cl-]. The molecule has 5 heteroatoms. The lowest BCUT2D eigenvalue weighted by molar-refractivity contribution is -0.151. The Morgan fingerprint density at radius 1 is 1.25 bits per heavy atom. The molecule has 1 aromatic carbocycles. The van der Waals surface area contributed by atoms with Crippen molar-refractivity contribution >= 4 is 5.97 Å². The minimum Gasteiger partial charge on any atom is -1.00 e. The van der Waals surface area contributed by atoms with E-state index in [1.54, 1.807) is 0 Å². The van der Waals surface area contributed by atoms with Gasteiger partial charge in [-0.1, -0.05) is 18.2 Å². The maximum Gasteiger partial charge on any atom is 0.344 e. The molecule has 2 rings (SSSR count). The van der Waals surface area contributed by atoms with Gasteiger partial charge in [0.15, 0.2) is 6.61 Å². The van der Waals surface area contributed by atoms with Crippen molar-refractivity contribution in [3.63, 3.8) is 0 Å². The Morgan fingerprint density at radius 2 is 1.90 bits per heavy atom. The fourth-order valence-electron chi connectivity index (χ4n) is 2.28. The molecule has 0 radical (unpaired) electrons. The summed E-state index contributed by atoms with van der Waals surface area (Å²) in [6, 6.07) is 9.29. The number of para-hydroxylation sites is 1. The number of nitrogens with zero attached hydrogens (tertiary/aromatic N) is 1. The van der Waals surface area contributed by atoms with Gasteiger partial charge in [-0.05, 0) is 45.0 Å². The highest BCUT2D eigenvalue weighted by Crippen LogP contribution is 2.10. The van der Waals surface area contributed by atoms with E-state index in [2.05, 4.69) is 4.90 Å². The van der Waals surface area contributed by atoms with Gasteiger partial charge in [0.25, 0.3) is 0 Å². The third kappa shape index (κ3) is 5.80. The Hall–Kier alpha value is -1.26. The van der Waals surface area contributed by atoms with Crippen LogP contribution in [0.15, 0.2) is 30.3 Å². The third-order valence-electron chi connectivity index (χ3n) is 3.15. The van der Waals surface area contributed by atoms with Gasteiger partial charge in [-0.3, -0.25) is 4.90 Å². The van der Waals surface area contributed by atoms with Gasteiger partial charge in [-0.15, -0.1) is 0 Å². The number of halogens is 1. The summed E-state index contributed by atoms with van der Waals surface area (Å²) >= 11 is 0. The van der Waals surface area contributed by atoms with Crippen LogP contribution in [-0.4, -0.2) is 43.2 Å². The van der Waals surface area contributed by atoms with Gasteiger partial charge in [0.2, 0.25) is 0 Å². The topological polar surface area (TPSA) is 38.8 Å². The number of carbonyl (C=O) groups is 1. The molecule has 4 nitrogen and oxygen atoms in total. The molecule has 1 aromatic rings. The zero-order chi connectivity index (χ0) is 13.5. The van der Waals surface area contributed by atoms with Crippen molar-refractivity contribution in [3.8, 4) is 5.75 Å². The average molecular weight is 299 g/mol. The smallest absolute Gasteiger partial charge is 0.344 e. The number of rotatable bonds is 6. The van der Waals surface area contributed by atoms with E-state index in [9.17, 15) is 4.79 Å². The van der Waals surface area contributed by atoms with Gasteiger partial charge in [0, 0.05) is 6.54 Å². The largest absolute Gasteiger partial charge is 1.00 e. The molecule has 1 aliphatic rings. The number of esters is 1. The number of hydrogen-bond donors (Lipinski definition) is 0. The van der Waals surface area contributed by atoms with E-state index in [1.165, 1.54) is 12.8 Å². The second-order valence-corrected chi connectivity index (χ2v) is 4.91. The molecule has 1 atom stereocenters. The first-order valence-corrected chi connectivity index (χ1v) is 6.84. The quantitative estimate of drug-likeness (QED) is 0.638. The van der Waals surface area contributed by atoms with Crippen LogP contribution in [0.3, 0.4) is 0 Å². The molecule has 1 saturated heterocycles. The first-order valence-electron chi connectivity index (χ1n) is 6.84. The highest BCUT2D eigenvalue weighted by molar-refractivity contribution is 5.71. The van der Waals surface area contributed by atoms with Crippen molar-refractivity contribution in [2.75, 3.05) is 26.2 Å². The molecular formula is C15H21ClNO3-. The number of likely N-dealkylation sites (tertiary alicyclic amines) is 1. The van der Waals surface area contributed by atoms with E-state index < -0.39 is 0 Å². The van der Waals surface area contributed by atoms with Crippen molar-refractivity contribution in [1.29, 1.82) is 0 Å². The van der Waals surface area contributed by atoms with Crippen molar-refractivity contribution in [1.82, 2.24) is 4.90 Å². The second-order valence-electron chi connectivity index (χ2n) is 4.91. The zero-order valence-electron chi connectivity index (χ0n) is 11.8. The monoisotopic (exact) mass is 298 g/mol. The molecule has 0 spiro atoms. The van der Waals surface area contributed by atoms with Crippen LogP contribution >= 0.6 is 0 Å². The minimum absolute atomic E-state index is 0. The molecule has 1 aliphatic heterocycles. The lowest BCUT2D eigenvalue weighted by Crippen LogP contribution is -3.00. The molecular weight excluding hydrogens is 278 g/mol. The van der Waals surface area contributed by atoms with Gasteiger partial charge in [-0.25, -0.2) is 4.79 Å². The summed E-state index contributed by atoms with van der Waals surface area (Å²) in [7, 11) is 0. The fourth-order valence-corrected chi connectivity index (χ4v) is 2.28. The van der Waals surface area contributed by atoms with Crippen molar-refractivity contribution in [2.45, 2.75) is 25.9 Å². The van der Waals surface area contributed by atoms with Crippen LogP contribution in [-0.2, 0) is 9.53 Å². The van der Waals surface area contributed by atoms with Crippen LogP contribution in [0.4, 0.5) is 0 Å². The molecule has 1 unspecified atom stereocenters. The molecule has 0 bridgehead atoms. The van der Waals surface area contributed by atoms with Crippen LogP contribution in [0.25, 0.3) is 0 Å². The maximum absolute atomic E-state index is 11.6. The van der Waals surface area contributed by atoms with Crippen LogP contribution in [0.5, 0.6) is 5.75 Å². The molecule has 0 aliphatic carbocycles. The fraction of sp³-hybridized carbons (Fsp3) is 0.533. The number of carbonyl (C=O) groups excluding carboxylic acids is 1. The molecule has 1 fully saturated rings. The Bertz CT molecular complexity index is 393. The summed E-state index contributed by atoms with van der Waals surface area (Å²) in [4.78, 5) is 14.0. The van der Waals surface area contributed by atoms with Crippen LogP contribution in [0, 0.1) is 0 Å². The van der Waals surface area contributed by atoms with E-state index >= 15 is 0 Å². The van der Waals surface area contributed by atoms with Gasteiger partial charge in [0.05, 0.1) is 0 Å². The van der Waals surface area contributed by atoms with E-state index in [0.717, 1.165) is 19.6 Å². The van der Waals surface area contributed by atoms with E-state index in [-0.39, 0.29) is 31.1 Å². The van der Waals surface area contributed by atoms with Crippen LogP contribution in [0.2, 0.25) is 0 Å². The van der Waals surface area contributed by atoms with Crippen molar-refractivity contribution in [2.24, 2.45) is 0 Å². The summed E-state index contributed by atoms with van der Waals surface area (Å²) < 4.78 is 10.7. The maximum atomic E-state index is 11.6. The van der Waals surface area contributed by atoms with Gasteiger partial charge >= 0.3 is 5.97 Å². The molecule has 1 heterocycles. The average Bonchev–Trinajstić information content (AvgIpc) is 2.90. The normalized spacial score (nSPS) is 16.2. The van der Waals surface area contributed by atoms with Gasteiger partial charge < -0.3 is 21.9 Å². The summed E-state index contributed by atoms with van der Waals surface area (Å²) in [5, 5.41) is 0. The second kappa shape index (κ2) is 8.82. The summed E-state index contributed by atoms with van der Waals surface area (Å²) in [5.74, 6) is 0.377. The predicted molar refractivity (Wildman–Crippen MR) is 73.2 cm³/mol. The zero-order valence-corrected chi connectivity index (χ0v) is 12.5. The Balaban J connectivity index is 0.00000200. The van der Waals surface area contributed by atoms with Crippen LogP contribution in [0.1, 0.15) is 19.8 Å². The summed E-state index contributed by atoms with van der Waals surface area (Å²) in [5.41, 5.74) is 0. The minimum atomic E-state index is -0.310. The first-order chi connectivity index (χ1) is 9.24. The Kier molecular flexibility index (Phi) is 7.41. The highest BCUT2D eigenvalue weighted by Gasteiger charge is 2.17. The summed E-state index contributed by atoms with van der Waals surface area (Å²) in [6.07, 6.45) is 2.42. The standard InChI is InChI=1S/C15H21NO3.ClH/c1-13(11-16-9-5-6-10-16)19-15(17)12-18-14-7-3-2-4-8-14;/h2-4,7-8,13H,5-6,9-12H2,1H3;1H/p-1. The molecule has 20 heavy (non-hydrogen) atoms. The molecule has 0 N–H and O–H groups in total. The van der Waals surface area contributed by atoms with Gasteiger partial charge in [-0.2, -0.15) is 0 Å². The van der Waals surface area contributed by atoms with Crippen LogP contribution < -0.4 is 17.1 Å². The van der Waals surface area contributed by atoms with E-state index in [4.69, 9.17) is 9.47 Å². The lowest BCUT2D eigenvalue weighted by Gasteiger charge is -2.20. The number of ether oxygens (including phenoxy) is 2. The lowest BCUT2D eigenvalue weighted by atomic mass is 10.3. The first kappa shape index (κ1) is 16.8. The van der Waals surface area contributed by atoms with Crippen molar-refractivity contribution in [3.05, 3.63) is 30.3 Å². The third-order valence-corrected chi connectivity index (χ3v) is 3.15. The molecule has 0 aromatic heterocycles. The summed E-state index contributed by atoms with van der Waals surface area (Å²) in [6.45, 7) is 4.94. The number of hydrogen-bond acceptors (Lipinski definition) is 4. The predicted octanol–water partition coefficient (Wildman–Crippen LogP) is -0.903. The van der Waals surface area contributed by atoms with Crippen molar-refractivity contribution < 1.29 is 26.7 Å².